The second-order valence-corrected chi connectivity index (χ2v) is 16.1. The number of rotatable bonds is 5. The lowest BCUT2D eigenvalue weighted by molar-refractivity contribution is -0.633. The fourth-order valence-electron chi connectivity index (χ4n) is 6.95. The molecule has 3 aromatic heterocycles. The van der Waals surface area contributed by atoms with Gasteiger partial charge >= 0.3 is 0 Å². The van der Waals surface area contributed by atoms with Gasteiger partial charge in [-0.05, 0) is 54.0 Å². The minimum atomic E-state index is 0.0103. The number of aryl methyl sites for hydroxylation is 2. The van der Waals surface area contributed by atoms with Crippen molar-refractivity contribution in [1.82, 2.24) is 9.55 Å². The van der Waals surface area contributed by atoms with Gasteiger partial charge in [-0.15, -0.1) is 11.3 Å². The van der Waals surface area contributed by atoms with Crippen molar-refractivity contribution in [3.63, 3.8) is 0 Å². The first-order valence-corrected chi connectivity index (χ1v) is 17.5. The maximum atomic E-state index is 6.92. The van der Waals surface area contributed by atoms with Crippen molar-refractivity contribution < 1.29 is 8.98 Å². The minimum Gasteiger partial charge on any atom is -0.455 e. The monoisotopic (exact) mass is 628 g/mol. The van der Waals surface area contributed by atoms with Gasteiger partial charge in [-0.1, -0.05) is 98.7 Å². The third-order valence-electron chi connectivity index (χ3n) is 9.56. The number of aromatic nitrogens is 3. The van der Waals surface area contributed by atoms with Crippen LogP contribution in [0.3, 0.4) is 0 Å². The second kappa shape index (κ2) is 10.8. The molecule has 4 nitrogen and oxygen atoms in total. The van der Waals surface area contributed by atoms with E-state index in [1.807, 2.05) is 0 Å². The molecule has 46 heavy (non-hydrogen) atoms. The lowest BCUT2D eigenvalue weighted by Crippen LogP contribution is -2.30. The van der Waals surface area contributed by atoms with Gasteiger partial charge in [0.15, 0.2) is 16.6 Å². The summed E-state index contributed by atoms with van der Waals surface area (Å²) in [7, 11) is 2.20. The van der Waals surface area contributed by atoms with Crippen LogP contribution in [0, 0.1) is 6.92 Å². The summed E-state index contributed by atoms with van der Waals surface area (Å²) >= 11 is 1.77. The highest BCUT2D eigenvalue weighted by Gasteiger charge is 2.34. The largest absolute Gasteiger partial charge is 0.455 e. The molecule has 0 bridgehead atoms. The Morgan fingerprint density at radius 3 is 2.13 bits per heavy atom. The van der Waals surface area contributed by atoms with Gasteiger partial charge in [0.2, 0.25) is 0 Å². The summed E-state index contributed by atoms with van der Waals surface area (Å²) in [5, 5.41) is 3.40. The summed E-state index contributed by atoms with van der Waals surface area (Å²) < 4.78 is 13.0. The van der Waals surface area contributed by atoms with E-state index in [4.69, 9.17) is 9.40 Å². The predicted molar refractivity (Wildman–Crippen MR) is 196 cm³/mol. The molecule has 0 aliphatic carbocycles. The van der Waals surface area contributed by atoms with Crippen molar-refractivity contribution in [2.75, 3.05) is 0 Å². The van der Waals surface area contributed by atoms with Gasteiger partial charge < -0.3 is 4.42 Å². The lowest BCUT2D eigenvalue weighted by atomic mass is 9.87. The summed E-state index contributed by atoms with van der Waals surface area (Å²) in [6.07, 6.45) is 0. The topological polar surface area (TPSA) is 34.8 Å². The number of benzene rings is 4. The number of thiazole rings is 1. The number of hydrogen-bond donors (Lipinski definition) is 0. The van der Waals surface area contributed by atoms with E-state index < -0.39 is 0 Å². The van der Waals surface area contributed by atoms with Crippen LogP contribution in [0.2, 0.25) is 0 Å². The summed E-state index contributed by atoms with van der Waals surface area (Å²) in [5.74, 6) is 2.30. The number of hydrogen-bond acceptors (Lipinski definition) is 3. The molecule has 7 rings (SSSR count). The highest BCUT2D eigenvalue weighted by Crippen LogP contribution is 2.44. The Morgan fingerprint density at radius 2 is 1.50 bits per heavy atom. The van der Waals surface area contributed by atoms with E-state index in [9.17, 15) is 0 Å². The normalized spacial score (nSPS) is 12.8. The van der Waals surface area contributed by atoms with Crippen molar-refractivity contribution in [3.8, 4) is 17.1 Å². The molecule has 0 saturated heterocycles. The number of nitrogens with zero attached hydrogens (tertiary/aromatic N) is 3. The van der Waals surface area contributed by atoms with E-state index in [0.29, 0.717) is 17.8 Å². The fourth-order valence-corrected chi connectivity index (χ4v) is 7.99. The Morgan fingerprint density at radius 1 is 0.826 bits per heavy atom. The number of fused-ring (bicyclic) bond motifs is 5. The van der Waals surface area contributed by atoms with E-state index in [1.54, 1.807) is 11.3 Å². The molecule has 0 aliphatic heterocycles. The van der Waals surface area contributed by atoms with Gasteiger partial charge in [0.1, 0.15) is 16.8 Å². The van der Waals surface area contributed by atoms with Gasteiger partial charge in [0.25, 0.3) is 5.82 Å². The molecule has 0 atom stereocenters. The lowest BCUT2D eigenvalue weighted by Gasteiger charge is -2.21. The minimum absolute atomic E-state index is 0.0103. The van der Waals surface area contributed by atoms with Crippen molar-refractivity contribution in [1.29, 1.82) is 0 Å². The molecule has 0 spiro atoms. The number of furan rings is 1. The zero-order valence-electron chi connectivity index (χ0n) is 29.2. The second-order valence-electron chi connectivity index (χ2n) is 15.0. The molecule has 0 unspecified atom stereocenters. The van der Waals surface area contributed by atoms with Crippen LogP contribution in [-0.4, -0.2) is 9.55 Å². The molecule has 0 N–H and O–H groups in total. The fraction of sp³-hybridized carbons (Fsp3) is 0.366. The van der Waals surface area contributed by atoms with Crippen LogP contribution in [0.1, 0.15) is 107 Å². The average molecular weight is 629 g/mol. The van der Waals surface area contributed by atoms with Gasteiger partial charge in [0, 0.05) is 33.4 Å². The van der Waals surface area contributed by atoms with Gasteiger partial charge in [0.05, 0.1) is 22.3 Å². The Kier molecular flexibility index (Phi) is 7.21. The first kappa shape index (κ1) is 30.7. The molecule has 0 fully saturated rings. The smallest absolute Gasteiger partial charge is 0.299 e. The molecule has 236 valence electrons. The molecule has 0 aliphatic rings. The van der Waals surface area contributed by atoms with Crippen LogP contribution in [0.15, 0.2) is 65.1 Å². The molecule has 7 aromatic rings. The van der Waals surface area contributed by atoms with Crippen molar-refractivity contribution in [2.24, 2.45) is 7.05 Å². The number of para-hydroxylation sites is 2. The van der Waals surface area contributed by atoms with E-state index in [0.717, 1.165) is 43.9 Å². The maximum Gasteiger partial charge on any atom is 0.299 e. The molecule has 0 saturated carbocycles. The van der Waals surface area contributed by atoms with E-state index in [-0.39, 0.29) is 5.41 Å². The van der Waals surface area contributed by atoms with Crippen molar-refractivity contribution >= 4 is 54.5 Å². The van der Waals surface area contributed by atoms with Gasteiger partial charge in [-0.3, -0.25) is 0 Å². The van der Waals surface area contributed by atoms with Gasteiger partial charge in [-0.25, -0.2) is 9.55 Å². The van der Waals surface area contributed by atoms with Crippen LogP contribution >= 0.6 is 11.3 Å². The summed E-state index contributed by atoms with van der Waals surface area (Å²) in [4.78, 5) is 5.06. The number of imidazole rings is 1. The predicted octanol–water partition coefficient (Wildman–Crippen LogP) is 11.6. The third kappa shape index (κ3) is 4.69. The zero-order chi connectivity index (χ0) is 32.8. The van der Waals surface area contributed by atoms with Crippen molar-refractivity contribution in [2.45, 2.75) is 92.4 Å². The van der Waals surface area contributed by atoms with Crippen LogP contribution in [0.5, 0.6) is 0 Å². The molecule has 3 heterocycles. The molecule has 4 aromatic carbocycles. The Balaban J connectivity index is 1.61. The van der Waals surface area contributed by atoms with E-state index in [2.05, 4.69) is 146 Å². The molecular weight excluding hydrogens is 583 g/mol. The Hall–Kier alpha value is -3.96. The van der Waals surface area contributed by atoms with Crippen molar-refractivity contribution in [3.05, 3.63) is 87.9 Å². The van der Waals surface area contributed by atoms with E-state index >= 15 is 0 Å². The SMILES string of the molecule is Cc1ccc2c(oc3cc4sc(C(C)(C)C)nc4cc32)c1-c1n(-c2c(C(C)C)cc(C(C)C)cc2C(C)C)c2ccccc2[n+]1C. The van der Waals surface area contributed by atoms with E-state index in [1.165, 1.54) is 43.7 Å². The molecular formula is C41H46N3OS+. The van der Waals surface area contributed by atoms with Crippen LogP contribution in [0.25, 0.3) is 60.3 Å². The van der Waals surface area contributed by atoms with Crippen LogP contribution < -0.4 is 4.57 Å². The standard InChI is InChI=1S/C41H46N3OS/c1-22(2)26-18-28(23(3)4)37(29(19-26)24(5)6)44-33-15-13-12-14-32(33)43(11)39(44)36-25(7)16-17-27-30-20-31-35(21-34(30)45-38(27)36)46-40(42-31)41(8,9)10/h12-24H,1-11H3/q+1. The molecule has 0 amide bonds. The van der Waals surface area contributed by atoms with Gasteiger partial charge in [-0.2, -0.15) is 4.57 Å². The Labute approximate surface area is 276 Å². The van der Waals surface area contributed by atoms with Crippen LogP contribution in [-0.2, 0) is 12.5 Å². The molecule has 5 heteroatoms. The maximum absolute atomic E-state index is 6.92. The first-order valence-electron chi connectivity index (χ1n) is 16.7. The van der Waals surface area contributed by atoms with Crippen LogP contribution in [0.4, 0.5) is 0 Å². The quantitative estimate of drug-likeness (QED) is 0.178. The summed E-state index contributed by atoms with van der Waals surface area (Å²) in [6, 6.07) is 22.6. The summed E-state index contributed by atoms with van der Waals surface area (Å²) in [5.41, 5.74) is 13.1. The highest BCUT2D eigenvalue weighted by atomic mass is 32.1. The average Bonchev–Trinajstić information content (AvgIpc) is 3.66. The third-order valence-corrected chi connectivity index (χ3v) is 11.0. The zero-order valence-corrected chi connectivity index (χ0v) is 30.0. The highest BCUT2D eigenvalue weighted by molar-refractivity contribution is 7.18. The Bertz CT molecular complexity index is 2270. The first-order chi connectivity index (χ1) is 21.8. The molecule has 0 radical (unpaired) electrons. The summed E-state index contributed by atoms with van der Waals surface area (Å²) in [6.45, 7) is 22.8.